The summed E-state index contributed by atoms with van der Waals surface area (Å²) in [6, 6.07) is 4.36. The predicted octanol–water partition coefficient (Wildman–Crippen LogP) is 1.41. The second kappa shape index (κ2) is 5.06. The molecule has 1 aromatic carbocycles. The second-order valence-electron chi connectivity index (χ2n) is 5.00. The summed E-state index contributed by atoms with van der Waals surface area (Å²) in [6.07, 6.45) is 5.49. The van der Waals surface area contributed by atoms with Gasteiger partial charge in [-0.15, -0.1) is 6.42 Å². The first-order valence-electron chi connectivity index (χ1n) is 6.19. The van der Waals surface area contributed by atoms with Crippen LogP contribution in [0.5, 0.6) is 11.5 Å². The van der Waals surface area contributed by atoms with Gasteiger partial charge in [0.25, 0.3) is 0 Å². The van der Waals surface area contributed by atoms with Gasteiger partial charge in [0.05, 0.1) is 13.0 Å². The molecule has 0 unspecified atom stereocenters. The lowest BCUT2D eigenvalue weighted by Gasteiger charge is -2.17. The molecule has 0 aliphatic carbocycles. The summed E-state index contributed by atoms with van der Waals surface area (Å²) in [5.74, 6) is 1.91. The van der Waals surface area contributed by atoms with E-state index < -0.39 is 23.7 Å². The lowest BCUT2D eigenvalue weighted by atomic mass is 9.92. The van der Waals surface area contributed by atoms with E-state index >= 15 is 0 Å². The number of fused-ring (bicyclic) bond motifs is 1. The molecule has 2 rings (SSSR count). The minimum atomic E-state index is -0.918. The van der Waals surface area contributed by atoms with Gasteiger partial charge in [0.1, 0.15) is 6.04 Å². The van der Waals surface area contributed by atoms with Crippen LogP contribution in [0.4, 0.5) is 0 Å². The van der Waals surface area contributed by atoms with E-state index in [2.05, 4.69) is 10.7 Å². The summed E-state index contributed by atoms with van der Waals surface area (Å²) in [5.41, 5.74) is 6.54. The Bertz CT molecular complexity index is 574. The molecule has 5 heteroatoms. The van der Waals surface area contributed by atoms with E-state index in [-0.39, 0.29) is 0 Å². The second-order valence-corrected chi connectivity index (χ2v) is 5.00. The van der Waals surface area contributed by atoms with Crippen molar-refractivity contribution in [2.45, 2.75) is 31.6 Å². The smallest absolute Gasteiger partial charge is 0.324 e. The number of terminal acetylenes is 1. The van der Waals surface area contributed by atoms with Gasteiger partial charge < -0.3 is 19.9 Å². The van der Waals surface area contributed by atoms with Crippen molar-refractivity contribution in [2.75, 3.05) is 7.11 Å². The Kier molecular flexibility index (Phi) is 3.60. The molecule has 20 heavy (non-hydrogen) atoms. The Morgan fingerprint density at radius 1 is 1.40 bits per heavy atom. The van der Waals surface area contributed by atoms with Crippen LogP contribution >= 0.6 is 0 Å². The van der Waals surface area contributed by atoms with Crippen molar-refractivity contribution in [2.24, 2.45) is 5.73 Å². The highest BCUT2D eigenvalue weighted by atomic mass is 16.7. The number of carbonyl (C=O) groups excluding carboxylic acids is 1. The summed E-state index contributed by atoms with van der Waals surface area (Å²) in [6.45, 7) is 3.62. The summed E-state index contributed by atoms with van der Waals surface area (Å²) in [5, 5.41) is 0. The lowest BCUT2D eigenvalue weighted by Crippen LogP contribution is -2.37. The van der Waals surface area contributed by atoms with Crippen LogP contribution in [0.1, 0.15) is 25.3 Å². The van der Waals surface area contributed by atoms with E-state index in [4.69, 9.17) is 21.6 Å². The molecule has 1 aliphatic rings. The molecule has 1 heterocycles. The molecule has 1 aliphatic heterocycles. The standard InChI is InChI=1S/C15H17NO4/c1-5-10(13(16)14(17)18-4)9-6-7-11-12(8-9)20-15(2,3)19-11/h1,6-8,10,13H,16H2,2-4H3/t10-,13+/m1/s1. The SMILES string of the molecule is C#C[C@H](c1ccc2c(c1)OC(C)(C)O2)[C@H](N)C(=O)OC. The highest BCUT2D eigenvalue weighted by Crippen LogP contribution is 2.40. The number of hydrogen-bond acceptors (Lipinski definition) is 5. The Hall–Kier alpha value is -2.19. The van der Waals surface area contributed by atoms with Gasteiger partial charge in [-0.05, 0) is 17.7 Å². The van der Waals surface area contributed by atoms with Gasteiger partial charge in [-0.3, -0.25) is 4.79 Å². The number of benzene rings is 1. The number of esters is 1. The van der Waals surface area contributed by atoms with Gasteiger partial charge in [0.2, 0.25) is 5.79 Å². The monoisotopic (exact) mass is 275 g/mol. The van der Waals surface area contributed by atoms with Crippen molar-refractivity contribution in [3.63, 3.8) is 0 Å². The van der Waals surface area contributed by atoms with E-state index in [1.165, 1.54) is 7.11 Å². The number of rotatable bonds is 3. The van der Waals surface area contributed by atoms with Crippen LogP contribution in [-0.2, 0) is 9.53 Å². The zero-order valence-corrected chi connectivity index (χ0v) is 11.7. The summed E-state index contributed by atoms with van der Waals surface area (Å²) >= 11 is 0. The third-order valence-electron chi connectivity index (χ3n) is 3.05. The maximum absolute atomic E-state index is 11.5. The average molecular weight is 275 g/mol. The Morgan fingerprint density at radius 2 is 2.05 bits per heavy atom. The highest BCUT2D eigenvalue weighted by molar-refractivity contribution is 5.77. The van der Waals surface area contributed by atoms with Crippen LogP contribution in [0.3, 0.4) is 0 Å². The Balaban J connectivity index is 2.30. The molecule has 106 valence electrons. The van der Waals surface area contributed by atoms with E-state index in [0.29, 0.717) is 17.1 Å². The van der Waals surface area contributed by atoms with E-state index in [1.54, 1.807) is 18.2 Å². The van der Waals surface area contributed by atoms with Gasteiger partial charge in [0, 0.05) is 13.8 Å². The van der Waals surface area contributed by atoms with E-state index in [0.717, 1.165) is 0 Å². The molecule has 1 aromatic rings. The fourth-order valence-electron chi connectivity index (χ4n) is 2.11. The minimum absolute atomic E-state index is 0.550. The van der Waals surface area contributed by atoms with Crippen LogP contribution in [0, 0.1) is 12.3 Å². The molecule has 0 radical (unpaired) electrons. The van der Waals surface area contributed by atoms with Crippen molar-refractivity contribution >= 4 is 5.97 Å². The molecule has 0 saturated heterocycles. The number of ether oxygens (including phenoxy) is 3. The third kappa shape index (κ3) is 2.56. The van der Waals surface area contributed by atoms with Crippen LogP contribution < -0.4 is 15.2 Å². The maximum Gasteiger partial charge on any atom is 0.324 e. The Labute approximate surface area is 118 Å². The number of hydrogen-bond donors (Lipinski definition) is 1. The minimum Gasteiger partial charge on any atom is -0.468 e. The zero-order chi connectivity index (χ0) is 14.9. The first-order chi connectivity index (χ1) is 9.38. The Morgan fingerprint density at radius 3 is 2.65 bits per heavy atom. The van der Waals surface area contributed by atoms with Crippen LogP contribution in [0.25, 0.3) is 0 Å². The summed E-state index contributed by atoms with van der Waals surface area (Å²) in [7, 11) is 1.28. The van der Waals surface area contributed by atoms with Crippen LogP contribution in [-0.4, -0.2) is 24.9 Å². The molecule has 5 nitrogen and oxygen atoms in total. The normalized spacial score (nSPS) is 17.9. The van der Waals surface area contributed by atoms with Crippen LogP contribution in [0.2, 0.25) is 0 Å². The van der Waals surface area contributed by atoms with Crippen LogP contribution in [0.15, 0.2) is 18.2 Å². The quantitative estimate of drug-likeness (QED) is 0.667. The molecule has 0 amide bonds. The molecule has 0 fully saturated rings. The van der Waals surface area contributed by atoms with Gasteiger partial charge in [-0.1, -0.05) is 12.0 Å². The van der Waals surface area contributed by atoms with Gasteiger partial charge in [-0.25, -0.2) is 0 Å². The molecule has 2 atom stereocenters. The van der Waals surface area contributed by atoms with Crippen molar-refractivity contribution < 1.29 is 19.0 Å². The average Bonchev–Trinajstić information content (AvgIpc) is 2.71. The number of methoxy groups -OCH3 is 1. The molecule has 0 aromatic heterocycles. The largest absolute Gasteiger partial charge is 0.468 e. The van der Waals surface area contributed by atoms with Gasteiger partial charge in [0.15, 0.2) is 11.5 Å². The van der Waals surface area contributed by atoms with Crippen molar-refractivity contribution in [1.82, 2.24) is 0 Å². The summed E-state index contributed by atoms with van der Waals surface area (Å²) in [4.78, 5) is 11.5. The molecule has 0 bridgehead atoms. The maximum atomic E-state index is 11.5. The third-order valence-corrected chi connectivity index (χ3v) is 3.05. The highest BCUT2D eigenvalue weighted by Gasteiger charge is 2.33. The van der Waals surface area contributed by atoms with E-state index in [1.807, 2.05) is 13.8 Å². The predicted molar refractivity (Wildman–Crippen MR) is 73.3 cm³/mol. The van der Waals surface area contributed by atoms with Crippen molar-refractivity contribution in [3.8, 4) is 23.8 Å². The van der Waals surface area contributed by atoms with Crippen molar-refractivity contribution in [1.29, 1.82) is 0 Å². The van der Waals surface area contributed by atoms with Gasteiger partial charge >= 0.3 is 5.97 Å². The number of nitrogens with two attached hydrogens (primary N) is 1. The number of carbonyl (C=O) groups is 1. The van der Waals surface area contributed by atoms with Crippen molar-refractivity contribution in [3.05, 3.63) is 23.8 Å². The summed E-state index contributed by atoms with van der Waals surface area (Å²) < 4.78 is 15.9. The first-order valence-corrected chi connectivity index (χ1v) is 6.19. The molecule has 0 saturated carbocycles. The molecular weight excluding hydrogens is 258 g/mol. The molecule has 2 N–H and O–H groups in total. The van der Waals surface area contributed by atoms with Gasteiger partial charge in [-0.2, -0.15) is 0 Å². The first kappa shape index (κ1) is 14.2. The van der Waals surface area contributed by atoms with E-state index in [9.17, 15) is 4.79 Å². The molecule has 0 spiro atoms. The molecular formula is C15H17NO4. The topological polar surface area (TPSA) is 70.8 Å². The fourth-order valence-corrected chi connectivity index (χ4v) is 2.11. The fraction of sp³-hybridized carbons (Fsp3) is 0.400. The lowest BCUT2D eigenvalue weighted by molar-refractivity contribution is -0.142. The zero-order valence-electron chi connectivity index (χ0n) is 11.7.